The lowest BCUT2D eigenvalue weighted by molar-refractivity contribution is 0.266. The largest absolute Gasteiger partial charge is 0.388 e. The van der Waals surface area contributed by atoms with Gasteiger partial charge in [0, 0.05) is 25.2 Å². The van der Waals surface area contributed by atoms with Crippen LogP contribution in [0.5, 0.6) is 0 Å². The number of rotatable bonds is 4. The SMILES string of the molecule is Cn1c(CO)nnc1SCc1cn2cc(Cl)ccc2n1. The van der Waals surface area contributed by atoms with Crippen molar-refractivity contribution in [3.8, 4) is 0 Å². The minimum absolute atomic E-state index is 0.114. The van der Waals surface area contributed by atoms with Crippen LogP contribution in [0.4, 0.5) is 0 Å². The summed E-state index contributed by atoms with van der Waals surface area (Å²) < 4.78 is 3.67. The Hall–Kier alpha value is -1.57. The summed E-state index contributed by atoms with van der Waals surface area (Å²) in [5, 5.41) is 18.4. The number of nitrogens with zero attached hydrogens (tertiary/aromatic N) is 5. The molecule has 0 saturated heterocycles. The molecule has 0 aliphatic carbocycles. The monoisotopic (exact) mass is 309 g/mol. The van der Waals surface area contributed by atoms with Gasteiger partial charge in [-0.1, -0.05) is 23.4 Å². The second-order valence-corrected chi connectivity index (χ2v) is 5.63. The molecule has 0 atom stereocenters. The third kappa shape index (κ3) is 2.52. The highest BCUT2D eigenvalue weighted by Gasteiger charge is 2.09. The number of aliphatic hydroxyl groups is 1. The van der Waals surface area contributed by atoms with Gasteiger partial charge in [-0.2, -0.15) is 0 Å². The van der Waals surface area contributed by atoms with E-state index < -0.39 is 0 Å². The lowest BCUT2D eigenvalue weighted by Crippen LogP contribution is -1.98. The first-order chi connectivity index (χ1) is 9.67. The molecule has 3 aromatic heterocycles. The molecule has 104 valence electrons. The van der Waals surface area contributed by atoms with Crippen molar-refractivity contribution in [1.82, 2.24) is 24.1 Å². The summed E-state index contributed by atoms with van der Waals surface area (Å²) in [6.07, 6.45) is 3.77. The van der Waals surface area contributed by atoms with Crippen LogP contribution in [-0.2, 0) is 19.4 Å². The topological polar surface area (TPSA) is 68.2 Å². The van der Waals surface area contributed by atoms with Gasteiger partial charge in [0.15, 0.2) is 11.0 Å². The Bertz CT molecular complexity index is 753. The van der Waals surface area contributed by atoms with E-state index in [1.54, 1.807) is 4.57 Å². The van der Waals surface area contributed by atoms with Gasteiger partial charge in [-0.25, -0.2) is 4.98 Å². The molecule has 0 spiro atoms. The summed E-state index contributed by atoms with van der Waals surface area (Å²) in [5.74, 6) is 1.23. The number of thioether (sulfide) groups is 1. The van der Waals surface area contributed by atoms with Crippen LogP contribution < -0.4 is 0 Å². The maximum absolute atomic E-state index is 9.08. The van der Waals surface area contributed by atoms with Gasteiger partial charge in [0.25, 0.3) is 0 Å². The molecule has 0 aliphatic rings. The highest BCUT2D eigenvalue weighted by atomic mass is 35.5. The van der Waals surface area contributed by atoms with Gasteiger partial charge in [0.2, 0.25) is 0 Å². The standard InChI is InChI=1S/C12H12ClN5OS/c1-17-11(6-19)15-16-12(17)20-7-9-5-18-4-8(13)2-3-10(18)14-9/h2-5,19H,6-7H2,1H3. The molecule has 6 nitrogen and oxygen atoms in total. The molecule has 3 rings (SSSR count). The average Bonchev–Trinajstić information content (AvgIpc) is 2.99. The summed E-state index contributed by atoms with van der Waals surface area (Å²) in [6, 6.07) is 3.69. The third-order valence-electron chi connectivity index (χ3n) is 2.88. The summed E-state index contributed by atoms with van der Waals surface area (Å²) in [6.45, 7) is -0.114. The van der Waals surface area contributed by atoms with Crippen molar-refractivity contribution in [2.45, 2.75) is 17.5 Å². The fourth-order valence-corrected chi connectivity index (χ4v) is 2.82. The smallest absolute Gasteiger partial charge is 0.191 e. The van der Waals surface area contributed by atoms with E-state index in [-0.39, 0.29) is 6.61 Å². The molecule has 3 aromatic rings. The quantitative estimate of drug-likeness (QED) is 0.746. The normalized spacial score (nSPS) is 11.3. The Balaban J connectivity index is 1.77. The number of aliphatic hydroxyl groups excluding tert-OH is 1. The fourth-order valence-electron chi connectivity index (χ4n) is 1.83. The molecule has 0 aromatic carbocycles. The molecule has 0 saturated carbocycles. The molecule has 3 heterocycles. The van der Waals surface area contributed by atoms with Crippen molar-refractivity contribution in [2.24, 2.45) is 7.05 Å². The summed E-state index contributed by atoms with van der Waals surface area (Å²) >= 11 is 7.47. The van der Waals surface area contributed by atoms with E-state index in [4.69, 9.17) is 16.7 Å². The molecular weight excluding hydrogens is 298 g/mol. The van der Waals surface area contributed by atoms with E-state index in [9.17, 15) is 0 Å². The minimum atomic E-state index is -0.114. The van der Waals surface area contributed by atoms with Crippen LogP contribution >= 0.6 is 23.4 Å². The van der Waals surface area contributed by atoms with E-state index in [1.165, 1.54) is 11.8 Å². The molecule has 1 N–H and O–H groups in total. The Kier molecular flexibility index (Phi) is 3.64. The highest BCUT2D eigenvalue weighted by molar-refractivity contribution is 7.98. The van der Waals surface area contributed by atoms with Crippen LogP contribution in [0.3, 0.4) is 0 Å². The van der Waals surface area contributed by atoms with Crippen molar-refractivity contribution in [1.29, 1.82) is 0 Å². The number of imidazole rings is 1. The molecule has 20 heavy (non-hydrogen) atoms. The van der Waals surface area contributed by atoms with E-state index in [0.29, 0.717) is 16.6 Å². The van der Waals surface area contributed by atoms with E-state index in [2.05, 4.69) is 15.2 Å². The molecule has 0 amide bonds. The predicted molar refractivity (Wildman–Crippen MR) is 76.7 cm³/mol. The second kappa shape index (κ2) is 5.43. The van der Waals surface area contributed by atoms with Gasteiger partial charge >= 0.3 is 0 Å². The van der Waals surface area contributed by atoms with Crippen LogP contribution in [-0.4, -0.2) is 29.3 Å². The van der Waals surface area contributed by atoms with Crippen LogP contribution in [0, 0.1) is 0 Å². The summed E-state index contributed by atoms with van der Waals surface area (Å²) in [7, 11) is 1.83. The first kappa shape index (κ1) is 13.4. The molecule has 0 fully saturated rings. The van der Waals surface area contributed by atoms with Crippen molar-refractivity contribution in [3.63, 3.8) is 0 Å². The van der Waals surface area contributed by atoms with Gasteiger partial charge in [-0.05, 0) is 12.1 Å². The lowest BCUT2D eigenvalue weighted by Gasteiger charge is -2.00. The average molecular weight is 310 g/mol. The Morgan fingerprint density at radius 1 is 1.30 bits per heavy atom. The van der Waals surface area contributed by atoms with Gasteiger partial charge in [-0.15, -0.1) is 10.2 Å². The van der Waals surface area contributed by atoms with Crippen LogP contribution in [0.2, 0.25) is 5.02 Å². The number of hydrogen-bond donors (Lipinski definition) is 1. The van der Waals surface area contributed by atoms with Gasteiger partial charge in [0.05, 0.1) is 10.7 Å². The maximum atomic E-state index is 9.08. The van der Waals surface area contributed by atoms with E-state index in [1.807, 2.05) is 36.0 Å². The van der Waals surface area contributed by atoms with Crippen molar-refractivity contribution in [3.05, 3.63) is 41.1 Å². The summed E-state index contributed by atoms with van der Waals surface area (Å²) in [4.78, 5) is 4.50. The zero-order valence-electron chi connectivity index (χ0n) is 10.7. The number of pyridine rings is 1. The maximum Gasteiger partial charge on any atom is 0.191 e. The predicted octanol–water partition coefficient (Wildman–Crippen LogP) is 1.90. The van der Waals surface area contributed by atoms with E-state index >= 15 is 0 Å². The number of fused-ring (bicyclic) bond motifs is 1. The Morgan fingerprint density at radius 3 is 2.90 bits per heavy atom. The third-order valence-corrected chi connectivity index (χ3v) is 4.16. The van der Waals surface area contributed by atoms with Crippen molar-refractivity contribution in [2.75, 3.05) is 0 Å². The fraction of sp³-hybridized carbons (Fsp3) is 0.250. The minimum Gasteiger partial charge on any atom is -0.388 e. The molecule has 0 unspecified atom stereocenters. The zero-order valence-corrected chi connectivity index (χ0v) is 12.3. The van der Waals surface area contributed by atoms with Gasteiger partial charge in [-0.3, -0.25) is 0 Å². The van der Waals surface area contributed by atoms with Crippen LogP contribution in [0.15, 0.2) is 29.7 Å². The molecule has 8 heteroatoms. The summed E-state index contributed by atoms with van der Waals surface area (Å²) in [5.41, 5.74) is 1.80. The van der Waals surface area contributed by atoms with Gasteiger partial charge in [0.1, 0.15) is 12.3 Å². The molecule has 0 radical (unpaired) electrons. The van der Waals surface area contributed by atoms with Gasteiger partial charge < -0.3 is 14.1 Å². The number of aromatic nitrogens is 5. The Labute approximate surface area is 124 Å². The zero-order chi connectivity index (χ0) is 14.1. The van der Waals surface area contributed by atoms with Crippen molar-refractivity contribution < 1.29 is 5.11 Å². The first-order valence-corrected chi connectivity index (χ1v) is 7.29. The van der Waals surface area contributed by atoms with Crippen LogP contribution in [0.25, 0.3) is 5.65 Å². The molecule has 0 bridgehead atoms. The lowest BCUT2D eigenvalue weighted by atomic mass is 10.5. The molecular formula is C12H12ClN5OS. The Morgan fingerprint density at radius 2 is 2.15 bits per heavy atom. The number of hydrogen-bond acceptors (Lipinski definition) is 5. The highest BCUT2D eigenvalue weighted by Crippen LogP contribution is 2.21. The molecule has 0 aliphatic heterocycles. The van der Waals surface area contributed by atoms with E-state index in [0.717, 1.165) is 16.5 Å². The number of halogens is 1. The van der Waals surface area contributed by atoms with Crippen molar-refractivity contribution >= 4 is 29.0 Å². The van der Waals surface area contributed by atoms with Crippen LogP contribution in [0.1, 0.15) is 11.5 Å². The second-order valence-electron chi connectivity index (χ2n) is 4.25. The first-order valence-electron chi connectivity index (χ1n) is 5.92.